The maximum atomic E-state index is 11.9. The highest BCUT2D eigenvalue weighted by molar-refractivity contribution is 5.93. The van der Waals surface area contributed by atoms with E-state index in [1.54, 1.807) is 6.07 Å². The van der Waals surface area contributed by atoms with E-state index < -0.39 is 0 Å². The summed E-state index contributed by atoms with van der Waals surface area (Å²) in [7, 11) is 0. The quantitative estimate of drug-likeness (QED) is 0.898. The first-order valence-corrected chi connectivity index (χ1v) is 6.26. The van der Waals surface area contributed by atoms with E-state index in [0.29, 0.717) is 6.54 Å². The number of hydrogen-bond donors (Lipinski definition) is 2. The molecule has 0 bridgehead atoms. The summed E-state index contributed by atoms with van der Waals surface area (Å²) in [6.45, 7) is 3.80. The molecule has 104 valence electrons. The van der Waals surface area contributed by atoms with Gasteiger partial charge in [0, 0.05) is 19.5 Å². The number of aryl methyl sites for hydroxylation is 1. The SMILES string of the molecule is CC(=O)Nc1ccc(C(=O)NCc2ccccc2C)o1. The van der Waals surface area contributed by atoms with E-state index in [1.807, 2.05) is 31.2 Å². The molecule has 0 radical (unpaired) electrons. The topological polar surface area (TPSA) is 71.3 Å². The molecule has 0 unspecified atom stereocenters. The van der Waals surface area contributed by atoms with Crippen molar-refractivity contribution in [2.24, 2.45) is 0 Å². The van der Waals surface area contributed by atoms with Crippen LogP contribution >= 0.6 is 0 Å². The lowest BCUT2D eigenvalue weighted by atomic mass is 10.1. The fraction of sp³-hybridized carbons (Fsp3) is 0.200. The monoisotopic (exact) mass is 272 g/mol. The summed E-state index contributed by atoms with van der Waals surface area (Å²) in [5.74, 6) is -0.128. The lowest BCUT2D eigenvalue weighted by Gasteiger charge is -2.06. The lowest BCUT2D eigenvalue weighted by molar-refractivity contribution is -0.114. The second-order valence-electron chi connectivity index (χ2n) is 4.45. The summed E-state index contributed by atoms with van der Waals surface area (Å²) < 4.78 is 5.23. The van der Waals surface area contributed by atoms with Gasteiger partial charge in [0.25, 0.3) is 5.91 Å². The molecule has 2 rings (SSSR count). The highest BCUT2D eigenvalue weighted by Crippen LogP contribution is 2.13. The number of hydrogen-bond acceptors (Lipinski definition) is 3. The van der Waals surface area contributed by atoms with Crippen LogP contribution in [0.25, 0.3) is 0 Å². The standard InChI is InChI=1S/C15H16N2O3/c1-10-5-3-4-6-12(10)9-16-15(19)13-7-8-14(20-13)17-11(2)18/h3-8H,9H2,1-2H3,(H,16,19)(H,17,18). The molecule has 2 N–H and O–H groups in total. The van der Waals surface area contributed by atoms with Crippen molar-refractivity contribution in [3.63, 3.8) is 0 Å². The summed E-state index contributed by atoms with van der Waals surface area (Å²) in [5.41, 5.74) is 2.17. The largest absolute Gasteiger partial charge is 0.435 e. The fourth-order valence-corrected chi connectivity index (χ4v) is 1.77. The Hall–Kier alpha value is -2.56. The fourth-order valence-electron chi connectivity index (χ4n) is 1.77. The molecule has 0 aliphatic heterocycles. The van der Waals surface area contributed by atoms with Gasteiger partial charge in [-0.05, 0) is 24.1 Å². The predicted molar refractivity (Wildman–Crippen MR) is 75.4 cm³/mol. The third-order valence-corrected chi connectivity index (χ3v) is 2.83. The van der Waals surface area contributed by atoms with Gasteiger partial charge in [-0.1, -0.05) is 24.3 Å². The summed E-state index contributed by atoms with van der Waals surface area (Å²) >= 11 is 0. The van der Waals surface area contributed by atoms with Gasteiger partial charge in [0.1, 0.15) is 0 Å². The van der Waals surface area contributed by atoms with Crippen LogP contribution < -0.4 is 10.6 Å². The molecule has 0 spiro atoms. The van der Waals surface area contributed by atoms with E-state index in [0.717, 1.165) is 11.1 Å². The Bertz CT molecular complexity index is 632. The van der Waals surface area contributed by atoms with Crippen molar-refractivity contribution >= 4 is 17.7 Å². The number of amides is 2. The van der Waals surface area contributed by atoms with Gasteiger partial charge in [0.15, 0.2) is 11.6 Å². The van der Waals surface area contributed by atoms with E-state index in [-0.39, 0.29) is 23.5 Å². The molecule has 2 aromatic rings. The molecule has 0 aliphatic carbocycles. The molecule has 1 heterocycles. The highest BCUT2D eigenvalue weighted by Gasteiger charge is 2.11. The van der Waals surface area contributed by atoms with Crippen LogP contribution in [-0.2, 0) is 11.3 Å². The number of rotatable bonds is 4. The first-order chi connectivity index (χ1) is 9.56. The maximum Gasteiger partial charge on any atom is 0.287 e. The van der Waals surface area contributed by atoms with Crippen LogP contribution in [0.3, 0.4) is 0 Å². The van der Waals surface area contributed by atoms with E-state index in [1.165, 1.54) is 13.0 Å². The van der Waals surface area contributed by atoms with Gasteiger partial charge in [-0.25, -0.2) is 0 Å². The van der Waals surface area contributed by atoms with Crippen molar-refractivity contribution in [3.8, 4) is 0 Å². The Morgan fingerprint density at radius 1 is 1.15 bits per heavy atom. The van der Waals surface area contributed by atoms with Gasteiger partial charge >= 0.3 is 0 Å². The van der Waals surface area contributed by atoms with Crippen molar-refractivity contribution in [1.29, 1.82) is 0 Å². The van der Waals surface area contributed by atoms with Crippen LogP contribution in [0.4, 0.5) is 5.88 Å². The number of nitrogens with one attached hydrogen (secondary N) is 2. The number of benzene rings is 1. The van der Waals surface area contributed by atoms with E-state index in [2.05, 4.69) is 10.6 Å². The van der Waals surface area contributed by atoms with Gasteiger partial charge in [-0.3, -0.25) is 14.9 Å². The minimum atomic E-state index is -0.315. The minimum Gasteiger partial charge on any atom is -0.435 e. The summed E-state index contributed by atoms with van der Waals surface area (Å²) in [4.78, 5) is 22.8. The van der Waals surface area contributed by atoms with Gasteiger partial charge in [0.2, 0.25) is 5.91 Å². The summed E-state index contributed by atoms with van der Waals surface area (Å²) in [6, 6.07) is 10.9. The smallest absolute Gasteiger partial charge is 0.287 e. The molecule has 0 aliphatic rings. The third-order valence-electron chi connectivity index (χ3n) is 2.83. The van der Waals surface area contributed by atoms with Crippen LogP contribution in [0.15, 0.2) is 40.8 Å². The van der Waals surface area contributed by atoms with E-state index >= 15 is 0 Å². The molecule has 20 heavy (non-hydrogen) atoms. The van der Waals surface area contributed by atoms with Crippen LogP contribution in [0.1, 0.15) is 28.6 Å². The van der Waals surface area contributed by atoms with Crippen molar-refractivity contribution < 1.29 is 14.0 Å². The molecule has 0 saturated carbocycles. The maximum absolute atomic E-state index is 11.9. The molecule has 0 fully saturated rings. The van der Waals surface area contributed by atoms with Crippen LogP contribution in [0.2, 0.25) is 0 Å². The summed E-state index contributed by atoms with van der Waals surface area (Å²) in [5, 5.41) is 5.25. The molecular formula is C15H16N2O3. The van der Waals surface area contributed by atoms with Gasteiger partial charge in [-0.2, -0.15) is 0 Å². The molecule has 0 saturated heterocycles. The van der Waals surface area contributed by atoms with E-state index in [4.69, 9.17) is 4.42 Å². The Morgan fingerprint density at radius 2 is 1.90 bits per heavy atom. The zero-order valence-electron chi connectivity index (χ0n) is 11.4. The van der Waals surface area contributed by atoms with Crippen molar-refractivity contribution in [2.45, 2.75) is 20.4 Å². The molecule has 0 atom stereocenters. The van der Waals surface area contributed by atoms with Crippen molar-refractivity contribution in [2.75, 3.05) is 5.32 Å². The zero-order valence-corrected chi connectivity index (χ0v) is 11.4. The Kier molecular flexibility index (Phi) is 4.20. The first-order valence-electron chi connectivity index (χ1n) is 6.26. The lowest BCUT2D eigenvalue weighted by Crippen LogP contribution is -2.22. The Labute approximate surface area is 117 Å². The molecular weight excluding hydrogens is 256 g/mol. The average Bonchev–Trinajstić information content (AvgIpc) is 2.85. The molecule has 1 aromatic heterocycles. The zero-order chi connectivity index (χ0) is 14.5. The van der Waals surface area contributed by atoms with Gasteiger partial charge in [0.05, 0.1) is 0 Å². The van der Waals surface area contributed by atoms with Gasteiger partial charge < -0.3 is 9.73 Å². The Balaban J connectivity index is 1.97. The first kappa shape index (κ1) is 13.9. The number of anilines is 1. The van der Waals surface area contributed by atoms with Gasteiger partial charge in [-0.15, -0.1) is 0 Å². The van der Waals surface area contributed by atoms with E-state index in [9.17, 15) is 9.59 Å². The number of carbonyl (C=O) groups excluding carboxylic acids is 2. The number of furan rings is 1. The van der Waals surface area contributed by atoms with Crippen molar-refractivity contribution in [3.05, 3.63) is 53.3 Å². The third kappa shape index (κ3) is 3.47. The van der Waals surface area contributed by atoms with Crippen LogP contribution in [-0.4, -0.2) is 11.8 Å². The minimum absolute atomic E-state index is 0.169. The molecule has 5 nitrogen and oxygen atoms in total. The van der Waals surface area contributed by atoms with Crippen LogP contribution in [0, 0.1) is 6.92 Å². The number of carbonyl (C=O) groups is 2. The summed E-state index contributed by atoms with van der Waals surface area (Å²) in [6.07, 6.45) is 0. The molecule has 5 heteroatoms. The van der Waals surface area contributed by atoms with Crippen molar-refractivity contribution in [1.82, 2.24) is 5.32 Å². The second-order valence-corrected chi connectivity index (χ2v) is 4.45. The Morgan fingerprint density at radius 3 is 2.60 bits per heavy atom. The molecule has 1 aromatic carbocycles. The molecule has 2 amide bonds. The normalized spacial score (nSPS) is 10.1. The van der Waals surface area contributed by atoms with Crippen LogP contribution in [0.5, 0.6) is 0 Å². The average molecular weight is 272 g/mol. The highest BCUT2D eigenvalue weighted by atomic mass is 16.4. The predicted octanol–water partition coefficient (Wildman–Crippen LogP) is 2.48. The second kappa shape index (κ2) is 6.06.